The molecule has 3 aromatic carbocycles. The second kappa shape index (κ2) is 6.31. The van der Waals surface area contributed by atoms with E-state index in [0.717, 1.165) is 22.2 Å². The molecule has 4 rings (SSSR count). The summed E-state index contributed by atoms with van der Waals surface area (Å²) in [7, 11) is -3.65. The number of aromatic nitrogens is 1. The zero-order chi connectivity index (χ0) is 18.1. The van der Waals surface area contributed by atoms with E-state index >= 15 is 0 Å². The summed E-state index contributed by atoms with van der Waals surface area (Å²) in [6, 6.07) is 21.6. The van der Waals surface area contributed by atoms with Crippen molar-refractivity contribution in [3.8, 4) is 11.3 Å². The van der Waals surface area contributed by atoms with Gasteiger partial charge in [0.1, 0.15) is 5.82 Å². The fraction of sp³-hybridized carbons (Fsp3) is 0. The minimum atomic E-state index is -3.65. The lowest BCUT2D eigenvalue weighted by Crippen LogP contribution is -2.12. The second-order valence-electron chi connectivity index (χ2n) is 5.91. The van der Waals surface area contributed by atoms with Gasteiger partial charge in [-0.15, -0.1) is 0 Å². The first-order valence-corrected chi connectivity index (χ1v) is 9.46. The first-order chi connectivity index (χ1) is 12.5. The van der Waals surface area contributed by atoms with E-state index in [1.54, 1.807) is 54.6 Å². The van der Waals surface area contributed by atoms with Crippen LogP contribution in [-0.2, 0) is 10.0 Å². The number of anilines is 1. The topological polar surface area (TPSA) is 62.0 Å². The van der Waals surface area contributed by atoms with Gasteiger partial charge in [0.2, 0.25) is 0 Å². The molecule has 0 amide bonds. The number of halogens is 1. The van der Waals surface area contributed by atoms with Gasteiger partial charge < -0.3 is 4.98 Å². The van der Waals surface area contributed by atoms with E-state index in [2.05, 4.69) is 9.71 Å². The Morgan fingerprint density at radius 3 is 2.46 bits per heavy atom. The average molecular weight is 366 g/mol. The molecule has 0 saturated carbocycles. The first-order valence-electron chi connectivity index (χ1n) is 7.98. The monoisotopic (exact) mass is 366 g/mol. The molecular formula is C20H15FN2O2S. The maximum atomic E-state index is 13.4. The minimum absolute atomic E-state index is 0.200. The average Bonchev–Trinajstić information content (AvgIpc) is 3.05. The summed E-state index contributed by atoms with van der Waals surface area (Å²) in [4.78, 5) is 3.42. The normalized spacial score (nSPS) is 11.6. The van der Waals surface area contributed by atoms with Crippen LogP contribution in [0.15, 0.2) is 83.8 Å². The van der Waals surface area contributed by atoms with E-state index < -0.39 is 10.0 Å². The molecule has 0 aliphatic carbocycles. The van der Waals surface area contributed by atoms with Crippen LogP contribution >= 0.6 is 0 Å². The third kappa shape index (κ3) is 3.19. The molecule has 0 unspecified atom stereocenters. The first kappa shape index (κ1) is 16.4. The Morgan fingerprint density at radius 2 is 1.65 bits per heavy atom. The molecule has 0 bridgehead atoms. The summed E-state index contributed by atoms with van der Waals surface area (Å²) in [5.74, 6) is -0.299. The molecule has 0 saturated heterocycles. The molecule has 6 heteroatoms. The third-order valence-electron chi connectivity index (χ3n) is 4.06. The molecule has 26 heavy (non-hydrogen) atoms. The number of rotatable bonds is 4. The number of hydrogen-bond acceptors (Lipinski definition) is 2. The fourth-order valence-electron chi connectivity index (χ4n) is 2.82. The zero-order valence-electron chi connectivity index (χ0n) is 13.6. The molecule has 0 atom stereocenters. The maximum absolute atomic E-state index is 13.4. The van der Waals surface area contributed by atoms with Crippen molar-refractivity contribution in [3.05, 3.63) is 84.7 Å². The van der Waals surface area contributed by atoms with Gasteiger partial charge in [-0.05, 0) is 48.5 Å². The van der Waals surface area contributed by atoms with Gasteiger partial charge in [-0.1, -0.05) is 30.3 Å². The molecule has 4 nitrogen and oxygen atoms in total. The van der Waals surface area contributed by atoms with Gasteiger partial charge in [0, 0.05) is 27.8 Å². The Morgan fingerprint density at radius 1 is 0.846 bits per heavy atom. The Labute approximate surface area is 150 Å². The summed E-state index contributed by atoms with van der Waals surface area (Å²) in [6.45, 7) is 0. The summed E-state index contributed by atoms with van der Waals surface area (Å²) >= 11 is 0. The SMILES string of the molecule is O=S(=O)(Nc1cccc(-c2cc3cc(F)ccc3[nH]2)c1)c1ccccc1. The minimum Gasteiger partial charge on any atom is -0.355 e. The summed E-state index contributed by atoms with van der Waals surface area (Å²) in [5, 5.41) is 0.760. The van der Waals surface area contributed by atoms with Crippen molar-refractivity contribution in [3.63, 3.8) is 0 Å². The van der Waals surface area contributed by atoms with E-state index in [0.29, 0.717) is 5.69 Å². The van der Waals surface area contributed by atoms with Crippen molar-refractivity contribution in [2.45, 2.75) is 4.90 Å². The molecular weight excluding hydrogens is 351 g/mol. The molecule has 1 aromatic heterocycles. The molecule has 0 spiro atoms. The van der Waals surface area contributed by atoms with E-state index in [1.165, 1.54) is 12.1 Å². The zero-order valence-corrected chi connectivity index (χ0v) is 14.4. The smallest absolute Gasteiger partial charge is 0.261 e. The Balaban J connectivity index is 1.68. The van der Waals surface area contributed by atoms with Crippen LogP contribution in [0.3, 0.4) is 0 Å². The quantitative estimate of drug-likeness (QED) is 0.546. The molecule has 1 heterocycles. The van der Waals surface area contributed by atoms with Crippen LogP contribution in [0.2, 0.25) is 0 Å². The van der Waals surface area contributed by atoms with E-state index in [-0.39, 0.29) is 10.7 Å². The number of H-pyrrole nitrogens is 1. The second-order valence-corrected chi connectivity index (χ2v) is 7.60. The van der Waals surface area contributed by atoms with E-state index in [1.807, 2.05) is 12.1 Å². The number of benzene rings is 3. The van der Waals surface area contributed by atoms with Crippen LogP contribution in [0.25, 0.3) is 22.2 Å². The predicted octanol–water partition coefficient (Wildman–Crippen LogP) is 4.77. The van der Waals surface area contributed by atoms with E-state index in [9.17, 15) is 12.8 Å². The number of fused-ring (bicyclic) bond motifs is 1. The Kier molecular flexibility index (Phi) is 3.97. The van der Waals surface area contributed by atoms with Crippen LogP contribution in [0.1, 0.15) is 0 Å². The van der Waals surface area contributed by atoms with Crippen molar-refractivity contribution in [2.24, 2.45) is 0 Å². The van der Waals surface area contributed by atoms with E-state index in [4.69, 9.17) is 0 Å². The predicted molar refractivity (Wildman–Crippen MR) is 101 cm³/mol. The summed E-state index contributed by atoms with van der Waals surface area (Å²) in [6.07, 6.45) is 0. The van der Waals surface area contributed by atoms with Gasteiger partial charge in [-0.3, -0.25) is 4.72 Å². The van der Waals surface area contributed by atoms with Crippen LogP contribution in [0.5, 0.6) is 0 Å². The van der Waals surface area contributed by atoms with Gasteiger partial charge in [-0.25, -0.2) is 12.8 Å². The van der Waals surface area contributed by atoms with Gasteiger partial charge in [0.25, 0.3) is 10.0 Å². The van der Waals surface area contributed by atoms with Gasteiger partial charge >= 0.3 is 0 Å². The molecule has 0 aliphatic heterocycles. The highest BCUT2D eigenvalue weighted by atomic mass is 32.2. The van der Waals surface area contributed by atoms with Gasteiger partial charge in [0.05, 0.1) is 4.90 Å². The van der Waals surface area contributed by atoms with Crippen molar-refractivity contribution in [1.29, 1.82) is 0 Å². The van der Waals surface area contributed by atoms with Crippen molar-refractivity contribution in [1.82, 2.24) is 4.98 Å². The van der Waals surface area contributed by atoms with Gasteiger partial charge in [-0.2, -0.15) is 0 Å². The summed E-state index contributed by atoms with van der Waals surface area (Å²) < 4.78 is 40.9. The Bertz CT molecular complexity index is 1180. The van der Waals surface area contributed by atoms with Crippen LogP contribution < -0.4 is 4.72 Å². The van der Waals surface area contributed by atoms with Crippen molar-refractivity contribution >= 4 is 26.6 Å². The van der Waals surface area contributed by atoms with Crippen molar-refractivity contribution < 1.29 is 12.8 Å². The lowest BCUT2D eigenvalue weighted by molar-refractivity contribution is 0.601. The van der Waals surface area contributed by atoms with Crippen LogP contribution in [0, 0.1) is 5.82 Å². The highest BCUT2D eigenvalue weighted by Gasteiger charge is 2.14. The standard InChI is InChI=1S/C20H15FN2O2S/c21-16-9-10-19-15(11-16)13-20(22-19)14-5-4-6-17(12-14)23-26(24,25)18-7-2-1-3-8-18/h1-13,22-23H. The number of hydrogen-bond donors (Lipinski definition) is 2. The van der Waals surface area contributed by atoms with Gasteiger partial charge in [0.15, 0.2) is 0 Å². The fourth-order valence-corrected chi connectivity index (χ4v) is 3.89. The highest BCUT2D eigenvalue weighted by molar-refractivity contribution is 7.92. The highest BCUT2D eigenvalue weighted by Crippen LogP contribution is 2.27. The number of nitrogens with one attached hydrogen (secondary N) is 2. The molecule has 0 aliphatic rings. The lowest BCUT2D eigenvalue weighted by Gasteiger charge is -2.09. The van der Waals surface area contributed by atoms with Crippen LogP contribution in [-0.4, -0.2) is 13.4 Å². The molecule has 4 aromatic rings. The number of sulfonamides is 1. The lowest BCUT2D eigenvalue weighted by atomic mass is 10.1. The Hall–Kier alpha value is -3.12. The largest absolute Gasteiger partial charge is 0.355 e. The third-order valence-corrected chi connectivity index (χ3v) is 5.46. The van der Waals surface area contributed by atoms with Crippen LogP contribution in [0.4, 0.5) is 10.1 Å². The molecule has 0 radical (unpaired) electrons. The number of aromatic amines is 1. The molecule has 2 N–H and O–H groups in total. The molecule has 130 valence electrons. The maximum Gasteiger partial charge on any atom is 0.261 e. The molecule has 0 fully saturated rings. The van der Waals surface area contributed by atoms with Crippen molar-refractivity contribution in [2.75, 3.05) is 4.72 Å². The summed E-state index contributed by atoms with van der Waals surface area (Å²) in [5.41, 5.74) is 2.86.